The first-order valence-electron chi connectivity index (χ1n) is 19.0. The third-order valence-electron chi connectivity index (χ3n) is 11.3. The van der Waals surface area contributed by atoms with Crippen molar-refractivity contribution in [2.75, 3.05) is 4.90 Å². The Morgan fingerprint density at radius 3 is 1.52 bits per heavy atom. The van der Waals surface area contributed by atoms with Gasteiger partial charge in [0.15, 0.2) is 5.82 Å². The van der Waals surface area contributed by atoms with Crippen molar-refractivity contribution >= 4 is 17.1 Å². The minimum Gasteiger partial charge on any atom is -0.310 e. The van der Waals surface area contributed by atoms with Crippen LogP contribution in [-0.2, 0) is 5.41 Å². The molecule has 0 unspecified atom stereocenters. The Morgan fingerprint density at radius 1 is 0.375 bits per heavy atom. The molecule has 262 valence electrons. The molecule has 0 saturated heterocycles. The molecule has 9 aromatic rings. The normalized spacial score (nSPS) is 13.1. The second-order valence-corrected chi connectivity index (χ2v) is 14.4. The second-order valence-electron chi connectivity index (χ2n) is 14.4. The molecule has 0 fully saturated rings. The fraction of sp³-hybridized carbons (Fsp3) is 0.0192. The van der Waals surface area contributed by atoms with Crippen LogP contribution in [0.5, 0.6) is 0 Å². The topological polar surface area (TPSA) is 41.9 Å². The molecule has 1 aliphatic heterocycles. The Kier molecular flexibility index (Phi) is 7.36. The Bertz CT molecular complexity index is 2800. The standard InChI is InChI=1S/C52H34N4/c1-4-15-36(16-5-1)46-34-47(37-17-6-2-7-18-37)55-51(54-46)38-28-26-35(27-29-38)39-30-31-41-45(33-39)52(44-23-14-32-53-50(41)44)42-21-10-12-24-48(42)56(40-19-8-3-9-20-40)49-25-13-11-22-43(49)52/h1-34H. The Hall–Kier alpha value is -7.43. The van der Waals surface area contributed by atoms with Gasteiger partial charge in [0.1, 0.15) is 0 Å². The highest BCUT2D eigenvalue weighted by molar-refractivity contribution is 5.95. The van der Waals surface area contributed by atoms with Gasteiger partial charge in [-0.3, -0.25) is 4.98 Å². The van der Waals surface area contributed by atoms with Gasteiger partial charge in [0, 0.05) is 34.1 Å². The smallest absolute Gasteiger partial charge is 0.160 e. The molecule has 11 rings (SSSR count). The highest BCUT2D eigenvalue weighted by atomic mass is 15.2. The summed E-state index contributed by atoms with van der Waals surface area (Å²) in [5, 5.41) is 0. The summed E-state index contributed by atoms with van der Waals surface area (Å²) in [7, 11) is 0. The summed E-state index contributed by atoms with van der Waals surface area (Å²) in [6.45, 7) is 0. The van der Waals surface area contributed by atoms with Crippen molar-refractivity contribution in [3.05, 3.63) is 229 Å². The van der Waals surface area contributed by atoms with Crippen molar-refractivity contribution in [1.82, 2.24) is 15.0 Å². The fourth-order valence-electron chi connectivity index (χ4n) is 8.89. The molecule has 0 radical (unpaired) electrons. The van der Waals surface area contributed by atoms with E-state index < -0.39 is 5.41 Å². The van der Waals surface area contributed by atoms with E-state index in [4.69, 9.17) is 15.0 Å². The van der Waals surface area contributed by atoms with E-state index in [2.05, 4.69) is 169 Å². The summed E-state index contributed by atoms with van der Waals surface area (Å²) >= 11 is 0. The molecule has 1 aliphatic carbocycles. The monoisotopic (exact) mass is 714 g/mol. The zero-order valence-electron chi connectivity index (χ0n) is 30.4. The van der Waals surface area contributed by atoms with Crippen molar-refractivity contribution < 1.29 is 0 Å². The van der Waals surface area contributed by atoms with Gasteiger partial charge < -0.3 is 4.90 Å². The minimum absolute atomic E-state index is 0.563. The van der Waals surface area contributed by atoms with Crippen LogP contribution in [0.3, 0.4) is 0 Å². The van der Waals surface area contributed by atoms with E-state index in [9.17, 15) is 0 Å². The van der Waals surface area contributed by atoms with E-state index in [0.717, 1.165) is 50.6 Å². The lowest BCUT2D eigenvalue weighted by atomic mass is 9.64. The van der Waals surface area contributed by atoms with Gasteiger partial charge in [-0.15, -0.1) is 0 Å². The van der Waals surface area contributed by atoms with Crippen molar-refractivity contribution in [1.29, 1.82) is 0 Å². The summed E-state index contributed by atoms with van der Waals surface area (Å²) in [6.07, 6.45) is 1.92. The summed E-state index contributed by atoms with van der Waals surface area (Å²) in [5.74, 6) is 0.699. The number of anilines is 3. The summed E-state index contributed by atoms with van der Waals surface area (Å²) in [5.41, 5.74) is 17.2. The second kappa shape index (κ2) is 12.9. The van der Waals surface area contributed by atoms with E-state index in [1.54, 1.807) is 0 Å². The SMILES string of the molecule is c1ccc(-c2cc(-c3ccccc3)nc(-c3ccc(-c4ccc5c(c4)C4(c6ccccc6N(c6ccccc6)c6ccccc64)c4cccnc4-5)cc3)n2)cc1. The summed E-state index contributed by atoms with van der Waals surface area (Å²) < 4.78 is 0. The fourth-order valence-corrected chi connectivity index (χ4v) is 8.89. The van der Waals surface area contributed by atoms with Crippen LogP contribution in [-0.4, -0.2) is 15.0 Å². The number of hydrogen-bond acceptors (Lipinski definition) is 4. The van der Waals surface area contributed by atoms with Gasteiger partial charge in [-0.2, -0.15) is 0 Å². The average Bonchev–Trinajstić information content (AvgIpc) is 3.57. The lowest BCUT2D eigenvalue weighted by molar-refractivity contribution is 0.751. The number of pyridine rings is 1. The predicted octanol–water partition coefficient (Wildman–Crippen LogP) is 12.7. The first kappa shape index (κ1) is 32.0. The van der Waals surface area contributed by atoms with Gasteiger partial charge in [0.25, 0.3) is 0 Å². The average molecular weight is 715 g/mol. The van der Waals surface area contributed by atoms with Crippen LogP contribution in [0.15, 0.2) is 206 Å². The lowest BCUT2D eigenvalue weighted by Crippen LogP contribution is -2.36. The van der Waals surface area contributed by atoms with Gasteiger partial charge >= 0.3 is 0 Å². The maximum absolute atomic E-state index is 5.08. The third-order valence-corrected chi connectivity index (χ3v) is 11.3. The molecule has 0 atom stereocenters. The van der Waals surface area contributed by atoms with Crippen molar-refractivity contribution in [2.24, 2.45) is 0 Å². The highest BCUT2D eigenvalue weighted by Gasteiger charge is 2.52. The largest absolute Gasteiger partial charge is 0.310 e. The molecule has 0 saturated carbocycles. The van der Waals surface area contributed by atoms with Crippen LogP contribution in [0, 0.1) is 0 Å². The lowest BCUT2D eigenvalue weighted by Gasteiger charge is -2.45. The van der Waals surface area contributed by atoms with E-state index >= 15 is 0 Å². The number of hydrogen-bond donors (Lipinski definition) is 0. The predicted molar refractivity (Wildman–Crippen MR) is 227 cm³/mol. The Balaban J connectivity index is 1.06. The number of benzene rings is 7. The van der Waals surface area contributed by atoms with E-state index in [0.29, 0.717) is 5.82 Å². The summed E-state index contributed by atoms with van der Waals surface area (Å²) in [4.78, 5) is 17.6. The molecule has 0 amide bonds. The Labute approximate surface area is 326 Å². The van der Waals surface area contributed by atoms with Crippen LogP contribution in [0.25, 0.3) is 56.3 Å². The molecule has 2 aliphatic rings. The first-order chi connectivity index (χ1) is 27.8. The van der Waals surface area contributed by atoms with E-state index in [-0.39, 0.29) is 0 Å². The number of nitrogens with zero attached hydrogens (tertiary/aromatic N) is 4. The first-order valence-corrected chi connectivity index (χ1v) is 19.0. The molecule has 4 heteroatoms. The number of para-hydroxylation sites is 3. The van der Waals surface area contributed by atoms with Crippen LogP contribution in [0.2, 0.25) is 0 Å². The molecule has 2 aromatic heterocycles. The molecule has 7 aromatic carbocycles. The van der Waals surface area contributed by atoms with E-state index in [1.165, 1.54) is 39.2 Å². The van der Waals surface area contributed by atoms with Gasteiger partial charge in [-0.25, -0.2) is 9.97 Å². The maximum Gasteiger partial charge on any atom is 0.160 e. The van der Waals surface area contributed by atoms with Crippen LogP contribution >= 0.6 is 0 Å². The summed E-state index contributed by atoms with van der Waals surface area (Å²) in [6, 6.07) is 71.2. The molecular formula is C52H34N4. The number of rotatable bonds is 5. The van der Waals surface area contributed by atoms with Gasteiger partial charge in [0.05, 0.1) is 33.9 Å². The van der Waals surface area contributed by atoms with E-state index in [1.807, 2.05) is 42.6 Å². The highest BCUT2D eigenvalue weighted by Crippen LogP contribution is 2.63. The third kappa shape index (κ3) is 4.89. The minimum atomic E-state index is -0.563. The maximum atomic E-state index is 5.08. The molecular weight excluding hydrogens is 681 g/mol. The number of fused-ring (bicyclic) bond motifs is 9. The van der Waals surface area contributed by atoms with Crippen molar-refractivity contribution in [3.63, 3.8) is 0 Å². The van der Waals surface area contributed by atoms with Crippen molar-refractivity contribution in [3.8, 4) is 56.3 Å². The van der Waals surface area contributed by atoms with Crippen molar-refractivity contribution in [2.45, 2.75) is 5.41 Å². The number of aromatic nitrogens is 3. The zero-order valence-corrected chi connectivity index (χ0v) is 30.4. The molecule has 56 heavy (non-hydrogen) atoms. The van der Waals surface area contributed by atoms with Crippen LogP contribution in [0.1, 0.15) is 22.3 Å². The van der Waals surface area contributed by atoms with Gasteiger partial charge in [0.2, 0.25) is 0 Å². The molecule has 1 spiro atoms. The van der Waals surface area contributed by atoms with Crippen LogP contribution < -0.4 is 4.90 Å². The zero-order chi connectivity index (χ0) is 37.1. The quantitative estimate of drug-likeness (QED) is 0.178. The molecule has 3 heterocycles. The molecule has 0 bridgehead atoms. The molecule has 4 nitrogen and oxygen atoms in total. The van der Waals surface area contributed by atoms with Crippen LogP contribution in [0.4, 0.5) is 17.1 Å². The van der Waals surface area contributed by atoms with Gasteiger partial charge in [-0.05, 0) is 75.8 Å². The Morgan fingerprint density at radius 2 is 0.893 bits per heavy atom. The van der Waals surface area contributed by atoms with Gasteiger partial charge in [-0.1, -0.05) is 158 Å². The molecule has 0 N–H and O–H groups in total.